The molecule has 1 fully saturated rings. The average Bonchev–Trinajstić information content (AvgIpc) is 2.79. The van der Waals surface area contributed by atoms with E-state index in [0.29, 0.717) is 4.57 Å². The molecule has 0 aliphatic carbocycles. The number of aromatic nitrogens is 2. The van der Waals surface area contributed by atoms with E-state index in [9.17, 15) is 33.8 Å². The number of phosphoric ester groups is 1. The molecule has 1 unspecified atom stereocenters. The molecule has 0 bridgehead atoms. The number of hydrogen-bond acceptors (Lipinski definition) is 10. The zero-order valence-corrected chi connectivity index (χ0v) is 14.9. The van der Waals surface area contributed by atoms with Gasteiger partial charge in [-0.2, -0.15) is 4.31 Å². The van der Waals surface area contributed by atoms with Crippen LogP contribution in [0.4, 0.5) is 0 Å². The van der Waals surface area contributed by atoms with Gasteiger partial charge >= 0.3 is 15.6 Å². The first-order valence-corrected chi connectivity index (χ1v) is 9.98. The highest BCUT2D eigenvalue weighted by atomic mass is 31.3. The molecule has 0 spiro atoms. The normalized spacial score (nSPS) is 28.0. The number of hydrogen-bond donors (Lipinski definition) is 6. The van der Waals surface area contributed by atoms with E-state index in [4.69, 9.17) is 20.3 Å². The maximum Gasteiger partial charge on any atom is 0.481 e. The topological polar surface area (TPSA) is 241 Å². The molecule has 0 saturated carbocycles. The number of amides is 1. The van der Waals surface area contributed by atoms with Gasteiger partial charge in [-0.25, -0.2) is 14.1 Å². The van der Waals surface area contributed by atoms with Crippen molar-refractivity contribution >= 4 is 21.6 Å². The Morgan fingerprint density at radius 2 is 1.93 bits per heavy atom. The van der Waals surface area contributed by atoms with Crippen molar-refractivity contribution in [1.29, 1.82) is 0 Å². The van der Waals surface area contributed by atoms with Gasteiger partial charge < -0.3 is 35.4 Å². The summed E-state index contributed by atoms with van der Waals surface area (Å²) in [5, 5.41) is 20.0. The van der Waals surface area contributed by atoms with E-state index < -0.39 is 64.0 Å². The summed E-state index contributed by atoms with van der Waals surface area (Å²) in [4.78, 5) is 53.0. The molecule has 0 aromatic carbocycles. The fraction of sp³-hybridized carbons (Fsp3) is 0.500. The van der Waals surface area contributed by atoms with Crippen LogP contribution in [0.3, 0.4) is 0 Å². The Hall–Kier alpha value is -1.51. The van der Waals surface area contributed by atoms with Crippen LogP contribution in [-0.4, -0.2) is 65.3 Å². The second-order valence-electron chi connectivity index (χ2n) is 5.24. The van der Waals surface area contributed by atoms with Gasteiger partial charge in [0.05, 0.1) is 6.61 Å². The molecule has 1 amide bonds. The van der Waals surface area contributed by atoms with Gasteiger partial charge in [-0.15, -0.1) is 0 Å². The predicted octanol–water partition coefficient (Wildman–Crippen LogP) is -2.81. The summed E-state index contributed by atoms with van der Waals surface area (Å²) in [6.07, 6.45) is -4.45. The molecule has 5 atom stereocenters. The quantitative estimate of drug-likeness (QED) is 0.239. The Kier molecular flexibility index (Phi) is 6.33. The maximum atomic E-state index is 12.1. The van der Waals surface area contributed by atoms with Crippen molar-refractivity contribution in [1.82, 2.24) is 9.55 Å². The number of aliphatic hydroxyl groups excluding tert-OH is 2. The predicted molar refractivity (Wildman–Crippen MR) is 81.8 cm³/mol. The first-order valence-electron chi connectivity index (χ1n) is 6.95. The van der Waals surface area contributed by atoms with E-state index in [-0.39, 0.29) is 0 Å². The average molecular weight is 431 g/mol. The zero-order chi connectivity index (χ0) is 20.6. The molecule has 2 heterocycles. The first-order chi connectivity index (χ1) is 12.3. The van der Waals surface area contributed by atoms with Crippen LogP contribution in [0.1, 0.15) is 16.7 Å². The lowest BCUT2D eigenvalue weighted by atomic mass is 10.1. The lowest BCUT2D eigenvalue weighted by Crippen LogP contribution is -2.38. The van der Waals surface area contributed by atoms with Crippen molar-refractivity contribution in [3.63, 3.8) is 0 Å². The van der Waals surface area contributed by atoms with Gasteiger partial charge in [-0.05, 0) is 0 Å². The smallest absolute Gasteiger partial charge is 0.387 e. The molecule has 15 nitrogen and oxygen atoms in total. The van der Waals surface area contributed by atoms with E-state index in [1.807, 2.05) is 0 Å². The largest absolute Gasteiger partial charge is 0.481 e. The molecule has 0 radical (unpaired) electrons. The van der Waals surface area contributed by atoms with Crippen LogP contribution in [0.2, 0.25) is 0 Å². The Bertz CT molecular complexity index is 867. The molecule has 1 aromatic rings. The van der Waals surface area contributed by atoms with E-state index in [0.717, 1.165) is 12.4 Å². The van der Waals surface area contributed by atoms with Crippen LogP contribution in [0, 0.1) is 0 Å². The van der Waals surface area contributed by atoms with Crippen LogP contribution in [0.15, 0.2) is 17.2 Å². The van der Waals surface area contributed by atoms with Gasteiger partial charge in [0.15, 0.2) is 11.9 Å². The SMILES string of the molecule is NC(=O)c1nccn([C@@H]2O[C@H](COP(=O)(O)OP(=O)(O)O)[C@@H](O)[C@H]2O)c1=O. The highest BCUT2D eigenvalue weighted by molar-refractivity contribution is 7.60. The first kappa shape index (κ1) is 21.8. The van der Waals surface area contributed by atoms with Gasteiger partial charge in [0.25, 0.3) is 11.5 Å². The Morgan fingerprint density at radius 3 is 2.48 bits per heavy atom. The zero-order valence-electron chi connectivity index (χ0n) is 13.1. The minimum Gasteiger partial charge on any atom is -0.387 e. The second kappa shape index (κ2) is 7.85. The van der Waals surface area contributed by atoms with Gasteiger partial charge in [0.2, 0.25) is 0 Å². The summed E-state index contributed by atoms with van der Waals surface area (Å²) >= 11 is 0. The Balaban J connectivity index is 2.16. The van der Waals surface area contributed by atoms with E-state index in [1.165, 1.54) is 0 Å². The Labute approximate surface area is 149 Å². The fourth-order valence-corrected chi connectivity index (χ4v) is 3.82. The van der Waals surface area contributed by atoms with Crippen LogP contribution in [0.25, 0.3) is 0 Å². The minimum absolute atomic E-state index is 0.655. The molecule has 2 rings (SSSR count). The van der Waals surface area contributed by atoms with Crippen molar-refractivity contribution in [3.05, 3.63) is 28.4 Å². The van der Waals surface area contributed by atoms with Crippen molar-refractivity contribution in [2.45, 2.75) is 24.5 Å². The number of aliphatic hydroxyl groups is 2. The summed E-state index contributed by atoms with van der Waals surface area (Å²) in [6.45, 7) is -0.939. The third-order valence-corrected chi connectivity index (χ3v) is 5.48. The van der Waals surface area contributed by atoms with Crippen LogP contribution < -0.4 is 11.3 Å². The summed E-state index contributed by atoms with van der Waals surface area (Å²) in [5.74, 6) is -1.14. The number of ether oxygens (including phenoxy) is 1. The van der Waals surface area contributed by atoms with Gasteiger partial charge in [-0.1, -0.05) is 0 Å². The van der Waals surface area contributed by atoms with Crippen LogP contribution in [-0.2, 0) is 22.7 Å². The number of phosphoric acid groups is 2. The highest BCUT2D eigenvalue weighted by Crippen LogP contribution is 2.57. The minimum atomic E-state index is -5.34. The molecule has 17 heteroatoms. The number of carbonyl (C=O) groups is 1. The lowest BCUT2D eigenvalue weighted by Gasteiger charge is -2.18. The maximum absolute atomic E-state index is 12.1. The summed E-state index contributed by atoms with van der Waals surface area (Å²) in [5.41, 5.74) is 3.31. The fourth-order valence-electron chi connectivity index (χ4n) is 2.22. The monoisotopic (exact) mass is 431 g/mol. The standard InChI is InChI=1S/C10H15N3O12P2/c11-8(16)5-9(17)13(2-1-12-5)10-7(15)6(14)4(24-10)3-23-27(21,22)25-26(18,19)20/h1-2,4,6-7,10,14-15H,3H2,(H2,11,16)(H,21,22)(H2,18,19,20)/t4-,6-,7-,10-/m1/s1. The molecule has 1 saturated heterocycles. The highest BCUT2D eigenvalue weighted by Gasteiger charge is 2.45. The molecule has 27 heavy (non-hydrogen) atoms. The molecule has 1 aromatic heterocycles. The number of primary amides is 1. The van der Waals surface area contributed by atoms with E-state index in [1.54, 1.807) is 0 Å². The van der Waals surface area contributed by atoms with Crippen LogP contribution >= 0.6 is 15.6 Å². The lowest BCUT2D eigenvalue weighted by molar-refractivity contribution is -0.0538. The number of nitrogens with zero attached hydrogens (tertiary/aromatic N) is 2. The summed E-state index contributed by atoms with van der Waals surface area (Å²) in [6, 6.07) is 0. The summed E-state index contributed by atoms with van der Waals surface area (Å²) in [7, 11) is -10.6. The van der Waals surface area contributed by atoms with Crippen molar-refractivity contribution in [2.75, 3.05) is 6.61 Å². The number of nitrogens with two attached hydrogens (primary N) is 1. The van der Waals surface area contributed by atoms with Crippen molar-refractivity contribution in [3.8, 4) is 0 Å². The molecule has 1 aliphatic rings. The third-order valence-electron chi connectivity index (χ3n) is 3.32. The molecule has 152 valence electrons. The molecule has 7 N–H and O–H groups in total. The third kappa shape index (κ3) is 5.27. The summed E-state index contributed by atoms with van der Waals surface area (Å²) < 4.78 is 35.8. The molecule has 1 aliphatic heterocycles. The van der Waals surface area contributed by atoms with E-state index in [2.05, 4.69) is 13.8 Å². The second-order valence-corrected chi connectivity index (χ2v) is 8.07. The molecular formula is C10H15N3O12P2. The van der Waals surface area contributed by atoms with Crippen molar-refractivity contribution in [2.24, 2.45) is 5.73 Å². The van der Waals surface area contributed by atoms with Gasteiger partial charge in [0.1, 0.15) is 18.3 Å². The van der Waals surface area contributed by atoms with Gasteiger partial charge in [0, 0.05) is 12.4 Å². The van der Waals surface area contributed by atoms with Crippen molar-refractivity contribution < 1.29 is 52.4 Å². The van der Waals surface area contributed by atoms with Crippen LogP contribution in [0.5, 0.6) is 0 Å². The van der Waals surface area contributed by atoms with Gasteiger partial charge in [-0.3, -0.25) is 18.7 Å². The van der Waals surface area contributed by atoms with E-state index >= 15 is 0 Å². The molecular weight excluding hydrogens is 416 g/mol. The number of carbonyl (C=O) groups excluding carboxylic acids is 1. The number of rotatable bonds is 7. The Morgan fingerprint density at radius 1 is 1.30 bits per heavy atom.